The summed E-state index contributed by atoms with van der Waals surface area (Å²) in [4.78, 5) is 9.09. The summed E-state index contributed by atoms with van der Waals surface area (Å²) in [6, 6.07) is 13.3. The molecule has 22 heavy (non-hydrogen) atoms. The summed E-state index contributed by atoms with van der Waals surface area (Å²) in [7, 11) is 0. The van der Waals surface area contributed by atoms with Crippen molar-refractivity contribution < 1.29 is 4.57 Å². The number of rotatable bonds is 2. The fourth-order valence-electron chi connectivity index (χ4n) is 2.12. The minimum Gasteiger partial charge on any atom is -0.257 e. The Hall–Kier alpha value is -3.35. The van der Waals surface area contributed by atoms with Crippen LogP contribution in [0.3, 0.4) is 0 Å². The zero-order valence-corrected chi connectivity index (χ0v) is 11.9. The molecule has 0 saturated heterocycles. The van der Waals surface area contributed by atoms with Crippen molar-refractivity contribution in [3.8, 4) is 11.9 Å². The maximum Gasteiger partial charge on any atom is 0.356 e. The normalized spacial score (nSPS) is 10.0. The van der Waals surface area contributed by atoms with Gasteiger partial charge >= 0.3 is 5.82 Å². The topological polar surface area (TPSA) is 77.3 Å². The highest BCUT2D eigenvalue weighted by atomic mass is 15.1. The number of nitriles is 1. The lowest BCUT2D eigenvalue weighted by atomic mass is 10.2. The van der Waals surface area contributed by atoms with Gasteiger partial charge in [0.25, 0.3) is 0 Å². The summed E-state index contributed by atoms with van der Waals surface area (Å²) in [5, 5.41) is 16.5. The maximum absolute atomic E-state index is 9.22. The van der Waals surface area contributed by atoms with Crippen LogP contribution in [0.5, 0.6) is 0 Å². The molecular formula is C17H12N5+. The first-order chi connectivity index (χ1) is 10.7. The summed E-state index contributed by atoms with van der Waals surface area (Å²) in [5.41, 5.74) is 2.94. The number of allylic oxidation sites excluding steroid dienone is 1. The quantitative estimate of drug-likeness (QED) is 0.446. The van der Waals surface area contributed by atoms with Crippen LogP contribution in [0.4, 0.5) is 0 Å². The molecule has 2 heterocycles. The molecule has 2 aromatic heterocycles. The molecule has 0 amide bonds. The van der Waals surface area contributed by atoms with Crippen LogP contribution in [-0.2, 0) is 0 Å². The monoisotopic (exact) mass is 286 g/mol. The van der Waals surface area contributed by atoms with E-state index in [1.165, 1.54) is 0 Å². The highest BCUT2D eigenvalue weighted by molar-refractivity contribution is 5.97. The number of para-hydroxylation sites is 2. The molecule has 0 aliphatic rings. The summed E-state index contributed by atoms with van der Waals surface area (Å²) in [6.07, 6.45) is 3.72. The van der Waals surface area contributed by atoms with E-state index in [-0.39, 0.29) is 5.57 Å². The molecule has 0 bridgehead atoms. The molecule has 0 spiro atoms. The van der Waals surface area contributed by atoms with Crippen molar-refractivity contribution in [1.82, 2.24) is 9.97 Å². The second kappa shape index (κ2) is 5.57. The number of hydrogen-bond donors (Lipinski definition) is 1. The van der Waals surface area contributed by atoms with Gasteiger partial charge in [-0.1, -0.05) is 12.1 Å². The van der Waals surface area contributed by atoms with Crippen LogP contribution in [0.25, 0.3) is 22.4 Å². The molecule has 3 rings (SSSR count). The number of nitrogens with zero attached hydrogens (tertiary/aromatic N) is 4. The molecular weight excluding hydrogens is 274 g/mol. The fraction of sp³-hybridized carbons (Fsp3) is 0.0588. The van der Waals surface area contributed by atoms with E-state index in [1.54, 1.807) is 4.57 Å². The van der Waals surface area contributed by atoms with Gasteiger partial charge in [-0.2, -0.15) is 5.26 Å². The van der Waals surface area contributed by atoms with E-state index in [1.807, 2.05) is 61.8 Å². The summed E-state index contributed by atoms with van der Waals surface area (Å²) < 4.78 is 1.79. The molecule has 5 heteroatoms. The van der Waals surface area contributed by atoms with Gasteiger partial charge in [-0.15, -0.1) is 0 Å². The largest absolute Gasteiger partial charge is 0.356 e. The van der Waals surface area contributed by atoms with Gasteiger partial charge in [0, 0.05) is 0 Å². The van der Waals surface area contributed by atoms with Crippen LogP contribution < -0.4 is 4.57 Å². The van der Waals surface area contributed by atoms with Crippen molar-refractivity contribution in [2.45, 2.75) is 6.92 Å². The summed E-state index contributed by atoms with van der Waals surface area (Å²) in [6.45, 7) is 2.00. The predicted molar refractivity (Wildman–Crippen MR) is 82.6 cm³/mol. The third-order valence-corrected chi connectivity index (χ3v) is 3.27. The number of pyridine rings is 1. The average molecular weight is 286 g/mol. The van der Waals surface area contributed by atoms with E-state index in [4.69, 9.17) is 5.41 Å². The smallest absolute Gasteiger partial charge is 0.257 e. The van der Waals surface area contributed by atoms with Crippen molar-refractivity contribution >= 4 is 22.5 Å². The van der Waals surface area contributed by atoms with Gasteiger partial charge in [0.1, 0.15) is 17.2 Å². The number of aromatic nitrogens is 3. The lowest BCUT2D eigenvalue weighted by molar-refractivity contribution is -0.599. The second-order valence-corrected chi connectivity index (χ2v) is 4.78. The molecule has 3 aromatic rings. The van der Waals surface area contributed by atoms with Crippen LogP contribution in [0, 0.1) is 23.7 Å². The number of nitrogens with one attached hydrogen (secondary N) is 1. The molecule has 1 aromatic carbocycles. The molecule has 1 N–H and O–H groups in total. The first-order valence-corrected chi connectivity index (χ1v) is 6.68. The number of benzene rings is 1. The first kappa shape index (κ1) is 13.6. The van der Waals surface area contributed by atoms with Crippen molar-refractivity contribution in [1.29, 1.82) is 10.7 Å². The molecule has 5 nitrogen and oxygen atoms in total. The lowest BCUT2D eigenvalue weighted by Crippen LogP contribution is -2.33. The molecule has 0 fully saturated rings. The molecule has 0 aliphatic carbocycles. The lowest BCUT2D eigenvalue weighted by Gasteiger charge is -2.02. The van der Waals surface area contributed by atoms with Gasteiger partial charge in [0.05, 0.1) is 12.4 Å². The van der Waals surface area contributed by atoms with Crippen LogP contribution in [-0.4, -0.2) is 15.8 Å². The third-order valence-electron chi connectivity index (χ3n) is 3.27. The molecule has 0 saturated carbocycles. The molecule has 0 aliphatic heterocycles. The Morgan fingerprint density at radius 2 is 1.73 bits per heavy atom. The second-order valence-electron chi connectivity index (χ2n) is 4.78. The Balaban J connectivity index is 2.35. The number of hydrogen-bond acceptors (Lipinski definition) is 4. The standard InChI is InChI=1S/C17H12N5/c1-12-6-8-22(9-7-12)17-16(13(10-18)11-19)20-14-4-2-3-5-15(14)21-17/h2-9,18H,1H3/q+1. The SMILES string of the molecule is Cc1cc[n+](-c2nc3ccccc3nc2C(=C=N)C#N)cc1. The van der Waals surface area contributed by atoms with E-state index in [9.17, 15) is 5.26 Å². The van der Waals surface area contributed by atoms with E-state index in [0.29, 0.717) is 17.0 Å². The average Bonchev–Trinajstić information content (AvgIpc) is 2.56. The Morgan fingerprint density at radius 1 is 1.09 bits per heavy atom. The van der Waals surface area contributed by atoms with Gasteiger partial charge in [0.2, 0.25) is 5.52 Å². The Bertz CT molecular complexity index is 945. The van der Waals surface area contributed by atoms with Crippen molar-refractivity contribution in [3.05, 3.63) is 60.0 Å². The molecule has 0 unspecified atom stereocenters. The molecule has 104 valence electrons. The molecule has 0 radical (unpaired) electrons. The minimum absolute atomic E-state index is 0.0568. The maximum atomic E-state index is 9.22. The molecule has 0 atom stereocenters. The summed E-state index contributed by atoms with van der Waals surface area (Å²) >= 11 is 0. The number of aryl methyl sites for hydroxylation is 1. The highest BCUT2D eigenvalue weighted by Gasteiger charge is 2.22. The van der Waals surface area contributed by atoms with E-state index >= 15 is 0 Å². The van der Waals surface area contributed by atoms with Gasteiger partial charge < -0.3 is 0 Å². The van der Waals surface area contributed by atoms with Crippen LogP contribution in [0.15, 0.2) is 48.8 Å². The van der Waals surface area contributed by atoms with Gasteiger partial charge in [0.15, 0.2) is 5.69 Å². The fourth-order valence-corrected chi connectivity index (χ4v) is 2.12. The van der Waals surface area contributed by atoms with Crippen LogP contribution in [0.1, 0.15) is 11.3 Å². The van der Waals surface area contributed by atoms with Gasteiger partial charge in [-0.3, -0.25) is 5.41 Å². The van der Waals surface area contributed by atoms with Crippen molar-refractivity contribution in [2.24, 2.45) is 0 Å². The third kappa shape index (κ3) is 2.35. The van der Waals surface area contributed by atoms with Crippen LogP contribution >= 0.6 is 0 Å². The first-order valence-electron chi connectivity index (χ1n) is 6.68. The van der Waals surface area contributed by atoms with Crippen molar-refractivity contribution in [2.75, 3.05) is 0 Å². The zero-order valence-electron chi connectivity index (χ0n) is 11.9. The zero-order chi connectivity index (χ0) is 15.5. The van der Waals surface area contributed by atoms with Gasteiger partial charge in [-0.05, 0) is 47.6 Å². The minimum atomic E-state index is 0.0568. The Morgan fingerprint density at radius 3 is 2.32 bits per heavy atom. The van der Waals surface area contributed by atoms with E-state index in [2.05, 4.69) is 15.8 Å². The Kier molecular flexibility index (Phi) is 3.45. The van der Waals surface area contributed by atoms with E-state index < -0.39 is 0 Å². The highest BCUT2D eigenvalue weighted by Crippen LogP contribution is 2.17. The Labute approximate surface area is 127 Å². The van der Waals surface area contributed by atoms with Crippen molar-refractivity contribution in [3.63, 3.8) is 0 Å². The van der Waals surface area contributed by atoms with Gasteiger partial charge in [-0.25, -0.2) is 9.55 Å². The summed E-state index contributed by atoms with van der Waals surface area (Å²) in [5.74, 6) is 2.65. The number of fused-ring (bicyclic) bond motifs is 1. The van der Waals surface area contributed by atoms with Crippen LogP contribution in [0.2, 0.25) is 0 Å². The van der Waals surface area contributed by atoms with E-state index in [0.717, 1.165) is 11.1 Å². The predicted octanol–water partition coefficient (Wildman–Crippen LogP) is 2.37.